The van der Waals surface area contributed by atoms with E-state index in [0.29, 0.717) is 17.1 Å². The molecule has 0 aromatic heterocycles. The number of thioether (sulfide) groups is 2. The van der Waals surface area contributed by atoms with Gasteiger partial charge in [0.2, 0.25) is 0 Å². The average Bonchev–Trinajstić information content (AvgIpc) is 3.16. The number of carbonyl (C=O) groups excluding carboxylic acids is 2. The summed E-state index contributed by atoms with van der Waals surface area (Å²) in [4.78, 5) is 25.5. The molecule has 2 saturated heterocycles. The molecule has 8 heteroatoms. The number of fused-ring (bicyclic) bond motifs is 1. The highest BCUT2D eigenvalue weighted by molar-refractivity contribution is 8.25. The first-order valence-corrected chi connectivity index (χ1v) is 12.3. The predicted molar refractivity (Wildman–Crippen MR) is 116 cm³/mol. The first kappa shape index (κ1) is 24.6. The Labute approximate surface area is 182 Å². The molecule has 4 unspecified atom stereocenters. The number of esters is 2. The number of hydrogen-bond donors (Lipinski definition) is 0. The van der Waals surface area contributed by atoms with Crippen molar-refractivity contribution in [2.24, 2.45) is 0 Å². The van der Waals surface area contributed by atoms with Gasteiger partial charge < -0.3 is 18.9 Å². The minimum atomic E-state index is -0.645. The molecule has 0 spiro atoms. The van der Waals surface area contributed by atoms with Gasteiger partial charge in [0, 0.05) is 6.42 Å². The monoisotopic (exact) mass is 446 g/mol. The van der Waals surface area contributed by atoms with Crippen LogP contribution in [0.25, 0.3) is 0 Å². The normalized spacial score (nSPS) is 28.0. The van der Waals surface area contributed by atoms with Crippen molar-refractivity contribution in [1.29, 1.82) is 0 Å². The van der Waals surface area contributed by atoms with Gasteiger partial charge in [0.25, 0.3) is 0 Å². The Kier molecular flexibility index (Phi) is 9.38. The molecule has 0 aliphatic carbocycles. The highest BCUT2D eigenvalue weighted by Crippen LogP contribution is 2.56. The van der Waals surface area contributed by atoms with Crippen molar-refractivity contribution in [3.05, 3.63) is 9.81 Å². The van der Waals surface area contributed by atoms with Crippen molar-refractivity contribution in [1.82, 2.24) is 0 Å². The van der Waals surface area contributed by atoms with E-state index in [4.69, 9.17) is 18.9 Å². The molecule has 6 nitrogen and oxygen atoms in total. The Bertz CT molecular complexity index is 578. The maximum atomic E-state index is 12.7. The van der Waals surface area contributed by atoms with Gasteiger partial charge in [0.15, 0.2) is 11.4 Å². The minimum Gasteiger partial charge on any atom is -0.459 e. The summed E-state index contributed by atoms with van der Waals surface area (Å²) in [7, 11) is 0. The lowest BCUT2D eigenvalue weighted by molar-refractivity contribution is -0.153. The molecule has 2 aliphatic rings. The van der Waals surface area contributed by atoms with Gasteiger partial charge in [-0.1, -0.05) is 57.1 Å². The second-order valence-electron chi connectivity index (χ2n) is 7.71. The molecule has 0 saturated carbocycles. The Morgan fingerprint density at radius 3 is 1.86 bits per heavy atom. The first-order chi connectivity index (χ1) is 13.7. The summed E-state index contributed by atoms with van der Waals surface area (Å²) < 4.78 is 23.7. The second-order valence-corrected chi connectivity index (χ2v) is 10.2. The zero-order chi connectivity index (χ0) is 21.6. The second kappa shape index (κ2) is 11.1. The number of ether oxygens (including phenoxy) is 4. The molecular formula is C21H34O6S2. The summed E-state index contributed by atoms with van der Waals surface area (Å²) in [6, 6.07) is 0. The summed E-state index contributed by atoms with van der Waals surface area (Å²) >= 11 is 2.70. The molecule has 29 heavy (non-hydrogen) atoms. The largest absolute Gasteiger partial charge is 0.459 e. The summed E-state index contributed by atoms with van der Waals surface area (Å²) in [5, 5.41) is 0. The van der Waals surface area contributed by atoms with E-state index in [1.165, 1.54) is 23.5 Å². The Hall–Kier alpha value is -0.700. The van der Waals surface area contributed by atoms with Crippen molar-refractivity contribution in [2.45, 2.75) is 109 Å². The molecule has 0 bridgehead atoms. The van der Waals surface area contributed by atoms with Crippen LogP contribution in [0.1, 0.15) is 80.1 Å². The molecule has 2 rings (SSSR count). The van der Waals surface area contributed by atoms with E-state index in [2.05, 4.69) is 6.92 Å². The third-order valence-electron chi connectivity index (χ3n) is 5.01. The van der Waals surface area contributed by atoms with E-state index >= 15 is 0 Å². The van der Waals surface area contributed by atoms with Gasteiger partial charge in [-0.15, -0.1) is 0 Å². The van der Waals surface area contributed by atoms with E-state index in [9.17, 15) is 9.59 Å². The zero-order valence-electron chi connectivity index (χ0n) is 18.3. The van der Waals surface area contributed by atoms with Gasteiger partial charge in [0.05, 0.1) is 16.4 Å². The molecule has 0 radical (unpaired) electrons. The highest BCUT2D eigenvalue weighted by Gasteiger charge is 2.51. The molecule has 2 fully saturated rings. The van der Waals surface area contributed by atoms with Gasteiger partial charge in [-0.25, -0.2) is 9.59 Å². The van der Waals surface area contributed by atoms with Crippen LogP contribution in [0, 0.1) is 0 Å². The first-order valence-electron chi connectivity index (χ1n) is 10.6. The van der Waals surface area contributed by atoms with E-state index in [1.54, 1.807) is 13.8 Å². The fourth-order valence-corrected chi connectivity index (χ4v) is 5.81. The van der Waals surface area contributed by atoms with Gasteiger partial charge in [-0.2, -0.15) is 0 Å². The average molecular weight is 447 g/mol. The summed E-state index contributed by atoms with van der Waals surface area (Å²) in [5.74, 6) is -1.91. The lowest BCUT2D eigenvalue weighted by atomic mass is 10.1. The molecule has 166 valence electrons. The summed E-state index contributed by atoms with van der Waals surface area (Å²) in [6.07, 6.45) is 4.92. The molecule has 0 aromatic rings. The molecule has 2 heterocycles. The van der Waals surface area contributed by atoms with Crippen LogP contribution in [0.3, 0.4) is 0 Å². The number of unbranched alkanes of at least 4 members (excludes halogenated alkanes) is 2. The molecule has 0 aromatic carbocycles. The van der Waals surface area contributed by atoms with Crippen molar-refractivity contribution >= 4 is 35.5 Å². The van der Waals surface area contributed by atoms with Crippen LogP contribution in [-0.2, 0) is 28.5 Å². The summed E-state index contributed by atoms with van der Waals surface area (Å²) in [5.41, 5.74) is -0.566. The number of hydrogen-bond acceptors (Lipinski definition) is 8. The summed E-state index contributed by atoms with van der Waals surface area (Å²) in [6.45, 7) is 11.6. The topological polar surface area (TPSA) is 71.1 Å². The van der Waals surface area contributed by atoms with Crippen LogP contribution in [0.4, 0.5) is 0 Å². The maximum absolute atomic E-state index is 12.7. The molecule has 4 atom stereocenters. The van der Waals surface area contributed by atoms with Gasteiger partial charge in [-0.3, -0.25) is 0 Å². The van der Waals surface area contributed by atoms with Crippen LogP contribution < -0.4 is 0 Å². The number of carbonyl (C=O) groups is 2. The lowest BCUT2D eigenvalue weighted by Crippen LogP contribution is -2.27. The molecule has 2 aliphatic heterocycles. The zero-order valence-corrected chi connectivity index (χ0v) is 20.0. The Balaban J connectivity index is 2.15. The fourth-order valence-electron chi connectivity index (χ4n) is 2.86. The van der Waals surface area contributed by atoms with E-state index in [0.717, 1.165) is 25.7 Å². The lowest BCUT2D eigenvalue weighted by Gasteiger charge is -2.24. The third kappa shape index (κ3) is 6.64. The van der Waals surface area contributed by atoms with Gasteiger partial charge in [0.1, 0.15) is 10.9 Å². The van der Waals surface area contributed by atoms with E-state index < -0.39 is 17.7 Å². The van der Waals surface area contributed by atoms with E-state index in [1.807, 2.05) is 20.8 Å². The van der Waals surface area contributed by atoms with Gasteiger partial charge in [-0.05, 0) is 40.0 Å². The third-order valence-corrected chi connectivity index (χ3v) is 7.75. The maximum Gasteiger partial charge on any atom is 0.347 e. The van der Waals surface area contributed by atoms with Crippen LogP contribution in [0.2, 0.25) is 0 Å². The highest BCUT2D eigenvalue weighted by atomic mass is 32.2. The van der Waals surface area contributed by atoms with Crippen molar-refractivity contribution in [3.63, 3.8) is 0 Å². The van der Waals surface area contributed by atoms with Crippen molar-refractivity contribution < 1.29 is 28.5 Å². The predicted octanol–water partition coefficient (Wildman–Crippen LogP) is 5.36. The van der Waals surface area contributed by atoms with Crippen LogP contribution in [0.15, 0.2) is 9.81 Å². The Morgan fingerprint density at radius 1 is 0.966 bits per heavy atom. The van der Waals surface area contributed by atoms with Crippen LogP contribution >= 0.6 is 23.5 Å². The Morgan fingerprint density at radius 2 is 1.45 bits per heavy atom. The van der Waals surface area contributed by atoms with Gasteiger partial charge >= 0.3 is 11.9 Å². The minimum absolute atomic E-state index is 0.0464. The quantitative estimate of drug-likeness (QED) is 0.146. The van der Waals surface area contributed by atoms with Crippen molar-refractivity contribution in [2.75, 3.05) is 0 Å². The molecular weight excluding hydrogens is 412 g/mol. The molecule has 0 N–H and O–H groups in total. The van der Waals surface area contributed by atoms with Crippen molar-refractivity contribution in [3.8, 4) is 0 Å². The SMILES string of the molecule is CCCCCC1(C)OC2SC(=C(C(=O)OC(C)CC)C(=O)OC(C)CC)SC2O1. The van der Waals surface area contributed by atoms with E-state index in [-0.39, 0.29) is 28.7 Å². The fraction of sp³-hybridized carbons (Fsp3) is 0.810. The van der Waals surface area contributed by atoms with Crippen LogP contribution in [0.5, 0.6) is 0 Å². The smallest absolute Gasteiger partial charge is 0.347 e. The standard InChI is InChI=1S/C21H34O6S2/c1-7-10-11-12-21(6)26-18-19(27-21)29-20(28-18)15(16(22)24-13(4)8-2)17(23)25-14(5)9-3/h13-14,18-19H,7-12H2,1-6H3. The van der Waals surface area contributed by atoms with Crippen LogP contribution in [-0.4, -0.2) is 40.8 Å². The number of rotatable bonds is 10. The molecule has 0 amide bonds.